The van der Waals surface area contributed by atoms with Crippen molar-refractivity contribution in [2.75, 3.05) is 0 Å². The predicted molar refractivity (Wildman–Crippen MR) is 102 cm³/mol. The van der Waals surface area contributed by atoms with E-state index in [2.05, 4.69) is 11.8 Å². The first-order valence-electron chi connectivity index (χ1n) is 8.34. The van der Waals surface area contributed by atoms with Gasteiger partial charge in [0.25, 0.3) is 0 Å². The molecule has 0 aromatic rings. The zero-order valence-corrected chi connectivity index (χ0v) is 16.6. The molecule has 0 heterocycles. The maximum absolute atomic E-state index is 11.4. The molecule has 0 N–H and O–H groups in total. The van der Waals surface area contributed by atoms with Crippen LogP contribution in [0.25, 0.3) is 0 Å². The van der Waals surface area contributed by atoms with E-state index in [1.165, 1.54) is 32.9 Å². The van der Waals surface area contributed by atoms with Crippen LogP contribution in [0.3, 0.4) is 0 Å². The number of allylic oxidation sites excluding steroid dienone is 3. The average molecular weight is 388 g/mol. The number of aldehydes is 1. The lowest BCUT2D eigenvalue weighted by Crippen LogP contribution is -2.18. The van der Waals surface area contributed by atoms with Gasteiger partial charge in [-0.25, -0.2) is 0 Å². The van der Waals surface area contributed by atoms with Crippen LogP contribution in [0.5, 0.6) is 0 Å². The van der Waals surface area contributed by atoms with Crippen molar-refractivity contribution in [2.24, 2.45) is 0 Å². The Kier molecular flexibility index (Phi) is 12.1. The van der Waals surface area contributed by atoms with Gasteiger partial charge < -0.3 is 14.2 Å². The molecule has 1 atom stereocenters. The van der Waals surface area contributed by atoms with Crippen LogP contribution in [-0.4, -0.2) is 30.3 Å². The summed E-state index contributed by atoms with van der Waals surface area (Å²) in [5.74, 6) is 3.96. The Labute approximate surface area is 164 Å². The second-order valence-electron chi connectivity index (χ2n) is 5.64. The lowest BCUT2D eigenvalue weighted by molar-refractivity contribution is -0.144. The molecule has 0 fully saturated rings. The summed E-state index contributed by atoms with van der Waals surface area (Å²) in [6.07, 6.45) is 6.95. The Morgan fingerprint density at radius 1 is 0.964 bits per heavy atom. The van der Waals surface area contributed by atoms with E-state index in [4.69, 9.17) is 14.2 Å². The van der Waals surface area contributed by atoms with Crippen molar-refractivity contribution in [3.8, 4) is 11.8 Å². The minimum absolute atomic E-state index is 0.230. The largest absolute Gasteiger partial charge is 0.457 e. The number of hydrogen-bond donors (Lipinski definition) is 0. The highest BCUT2D eigenvalue weighted by molar-refractivity contribution is 5.73. The third-order valence-corrected chi connectivity index (χ3v) is 2.93. The zero-order chi connectivity index (χ0) is 21.5. The third-order valence-electron chi connectivity index (χ3n) is 2.93. The van der Waals surface area contributed by atoms with Crippen LogP contribution in [0.2, 0.25) is 0 Å². The molecule has 0 saturated heterocycles. The molecule has 7 nitrogen and oxygen atoms in total. The molecule has 0 spiro atoms. The number of carbonyl (C=O) groups excluding carboxylic acids is 4. The van der Waals surface area contributed by atoms with Gasteiger partial charge in [0.2, 0.25) is 0 Å². The van der Waals surface area contributed by atoms with Crippen molar-refractivity contribution in [3.63, 3.8) is 0 Å². The molecule has 0 aromatic heterocycles. The van der Waals surface area contributed by atoms with E-state index in [-0.39, 0.29) is 6.42 Å². The lowest BCUT2D eigenvalue weighted by atomic mass is 10.1. The lowest BCUT2D eigenvalue weighted by Gasteiger charge is -2.16. The van der Waals surface area contributed by atoms with E-state index in [9.17, 15) is 19.2 Å². The van der Waals surface area contributed by atoms with Gasteiger partial charge in [-0.05, 0) is 37.1 Å². The van der Waals surface area contributed by atoms with Gasteiger partial charge in [0, 0.05) is 32.8 Å². The molecule has 0 aliphatic heterocycles. The van der Waals surface area contributed by atoms with E-state index >= 15 is 0 Å². The van der Waals surface area contributed by atoms with Gasteiger partial charge in [-0.15, -0.1) is 0 Å². The topological polar surface area (TPSA) is 96.0 Å². The van der Waals surface area contributed by atoms with Crippen LogP contribution >= 0.6 is 0 Å². The molecule has 0 aromatic carbocycles. The zero-order valence-electron chi connectivity index (χ0n) is 16.6. The fourth-order valence-electron chi connectivity index (χ4n) is 1.67. The predicted octanol–water partition coefficient (Wildman–Crippen LogP) is 2.93. The van der Waals surface area contributed by atoms with Crippen molar-refractivity contribution in [3.05, 3.63) is 47.5 Å². The normalized spacial score (nSPS) is 13.2. The SMILES string of the molecule is CC(=O)O/C=C/C(=C\OC(C)=O)[C@H](C/C=C(\C)C#C/C=C(\C)C=O)OC(C)=O. The molecule has 150 valence electrons. The van der Waals surface area contributed by atoms with E-state index in [1.807, 2.05) is 0 Å². The van der Waals surface area contributed by atoms with Gasteiger partial charge in [-0.2, -0.15) is 0 Å². The first-order chi connectivity index (χ1) is 13.1. The Bertz CT molecular complexity index is 770. The fourth-order valence-corrected chi connectivity index (χ4v) is 1.67. The highest BCUT2D eigenvalue weighted by Crippen LogP contribution is 2.16. The number of hydrogen-bond acceptors (Lipinski definition) is 7. The Morgan fingerprint density at radius 2 is 1.61 bits per heavy atom. The van der Waals surface area contributed by atoms with E-state index in [0.29, 0.717) is 23.0 Å². The van der Waals surface area contributed by atoms with Gasteiger partial charge in [0.05, 0.1) is 6.26 Å². The Balaban J connectivity index is 5.57. The van der Waals surface area contributed by atoms with E-state index < -0.39 is 24.0 Å². The van der Waals surface area contributed by atoms with Gasteiger partial charge in [0.1, 0.15) is 18.7 Å². The Morgan fingerprint density at radius 3 is 2.14 bits per heavy atom. The summed E-state index contributed by atoms with van der Waals surface area (Å²) in [7, 11) is 0. The maximum Gasteiger partial charge on any atom is 0.307 e. The first-order valence-corrected chi connectivity index (χ1v) is 8.34. The van der Waals surface area contributed by atoms with E-state index in [1.54, 1.807) is 19.9 Å². The van der Waals surface area contributed by atoms with Crippen molar-refractivity contribution in [1.29, 1.82) is 0 Å². The third kappa shape index (κ3) is 12.9. The summed E-state index contributed by atoms with van der Waals surface area (Å²) >= 11 is 0. The molecule has 0 aliphatic rings. The quantitative estimate of drug-likeness (QED) is 0.120. The standard InChI is InChI=1S/C21H24O7/c1-15(7-6-8-16(2)13-22)9-10-21(28-19(5)25)20(14-27-18(4)24)11-12-26-17(3)23/h8-9,11-14,21H,10H2,1-5H3/b12-11+,15-9+,16-8+,20-14+/t21-/m0/s1. The van der Waals surface area contributed by atoms with Gasteiger partial charge in [-0.3, -0.25) is 19.2 Å². The summed E-state index contributed by atoms with van der Waals surface area (Å²) in [5.41, 5.74) is 1.49. The summed E-state index contributed by atoms with van der Waals surface area (Å²) < 4.78 is 14.9. The van der Waals surface area contributed by atoms with Crippen LogP contribution in [-0.2, 0) is 33.4 Å². The van der Waals surface area contributed by atoms with Crippen LogP contribution in [0.1, 0.15) is 41.0 Å². The number of esters is 3. The maximum atomic E-state index is 11.4. The number of carbonyl (C=O) groups is 4. The van der Waals surface area contributed by atoms with Crippen LogP contribution in [0, 0.1) is 11.8 Å². The smallest absolute Gasteiger partial charge is 0.307 e. The molecule has 0 saturated carbocycles. The highest BCUT2D eigenvalue weighted by atomic mass is 16.5. The fraction of sp³-hybridized carbons (Fsp3) is 0.333. The Hall–Kier alpha value is -3.40. The molecule has 0 radical (unpaired) electrons. The molecule has 0 amide bonds. The second-order valence-corrected chi connectivity index (χ2v) is 5.64. The first kappa shape index (κ1) is 24.6. The molecule has 0 unspecified atom stereocenters. The number of ether oxygens (including phenoxy) is 3. The molecule has 28 heavy (non-hydrogen) atoms. The minimum Gasteiger partial charge on any atom is -0.457 e. The number of rotatable bonds is 8. The monoisotopic (exact) mass is 388 g/mol. The van der Waals surface area contributed by atoms with E-state index in [0.717, 1.165) is 12.5 Å². The summed E-state index contributed by atoms with van der Waals surface area (Å²) in [6.45, 7) is 7.09. The van der Waals surface area contributed by atoms with Crippen LogP contribution in [0.15, 0.2) is 47.5 Å². The summed E-state index contributed by atoms with van der Waals surface area (Å²) in [5, 5.41) is 0. The average Bonchev–Trinajstić information content (AvgIpc) is 2.60. The molecular formula is C21H24O7. The highest BCUT2D eigenvalue weighted by Gasteiger charge is 2.16. The summed E-state index contributed by atoms with van der Waals surface area (Å²) in [6, 6.07) is 0. The second kappa shape index (κ2) is 13.8. The molecule has 0 bridgehead atoms. The molecule has 0 aliphatic carbocycles. The van der Waals surface area contributed by atoms with Crippen molar-refractivity contribution < 1.29 is 33.4 Å². The minimum atomic E-state index is -0.798. The van der Waals surface area contributed by atoms with Crippen LogP contribution in [0.4, 0.5) is 0 Å². The summed E-state index contributed by atoms with van der Waals surface area (Å²) in [4.78, 5) is 44.0. The van der Waals surface area contributed by atoms with Crippen molar-refractivity contribution in [1.82, 2.24) is 0 Å². The van der Waals surface area contributed by atoms with Crippen molar-refractivity contribution >= 4 is 24.2 Å². The van der Waals surface area contributed by atoms with Crippen molar-refractivity contribution in [2.45, 2.75) is 47.1 Å². The molecular weight excluding hydrogens is 364 g/mol. The molecule has 0 rings (SSSR count). The van der Waals surface area contributed by atoms with Crippen LogP contribution < -0.4 is 0 Å². The van der Waals surface area contributed by atoms with Gasteiger partial charge in [-0.1, -0.05) is 17.9 Å². The van der Waals surface area contributed by atoms with Gasteiger partial charge in [0.15, 0.2) is 0 Å². The molecule has 7 heteroatoms. The van der Waals surface area contributed by atoms with Gasteiger partial charge >= 0.3 is 17.9 Å².